The first-order valence-electron chi connectivity index (χ1n) is 11.9. The number of carboxylic acid groups (broad SMARTS) is 1. The van der Waals surface area contributed by atoms with Gasteiger partial charge in [-0.2, -0.15) is 0 Å². The van der Waals surface area contributed by atoms with E-state index in [2.05, 4.69) is 11.8 Å². The SMILES string of the molecule is CCCCC1N(O)c2cc(S(=O)(=O)N(C)C)ccc2N1Cc1ccc(-c2ccccc2C(=O)O)cc1. The molecule has 1 atom stereocenters. The monoisotopic (exact) mass is 509 g/mol. The zero-order chi connectivity index (χ0) is 26.0. The maximum absolute atomic E-state index is 12.7. The molecule has 1 aliphatic rings. The number of sulfonamides is 1. The number of unbranched alkanes of at least 4 members (excludes halogenated alkanes) is 1. The lowest BCUT2D eigenvalue weighted by Crippen LogP contribution is -2.41. The highest BCUT2D eigenvalue weighted by Crippen LogP contribution is 2.42. The largest absolute Gasteiger partial charge is 0.478 e. The van der Waals surface area contributed by atoms with E-state index >= 15 is 0 Å². The van der Waals surface area contributed by atoms with Gasteiger partial charge in [0.15, 0.2) is 0 Å². The fourth-order valence-electron chi connectivity index (χ4n) is 4.52. The molecule has 3 aromatic rings. The number of benzene rings is 3. The van der Waals surface area contributed by atoms with Crippen molar-refractivity contribution in [2.24, 2.45) is 0 Å². The molecule has 190 valence electrons. The van der Waals surface area contributed by atoms with E-state index in [0.29, 0.717) is 24.2 Å². The van der Waals surface area contributed by atoms with E-state index in [1.54, 1.807) is 30.3 Å². The lowest BCUT2D eigenvalue weighted by Gasteiger charge is -2.29. The van der Waals surface area contributed by atoms with E-state index in [-0.39, 0.29) is 16.6 Å². The van der Waals surface area contributed by atoms with Crippen molar-refractivity contribution in [1.82, 2.24) is 4.31 Å². The quantitative estimate of drug-likeness (QED) is 0.417. The van der Waals surface area contributed by atoms with Crippen LogP contribution in [0.4, 0.5) is 11.4 Å². The number of hydrogen-bond donors (Lipinski definition) is 2. The van der Waals surface area contributed by atoms with E-state index < -0.39 is 16.0 Å². The molecule has 0 bridgehead atoms. The number of fused-ring (bicyclic) bond motifs is 1. The van der Waals surface area contributed by atoms with Gasteiger partial charge in [0.1, 0.15) is 6.17 Å². The van der Waals surface area contributed by atoms with Crippen LogP contribution in [0.2, 0.25) is 0 Å². The van der Waals surface area contributed by atoms with Gasteiger partial charge in [-0.25, -0.2) is 22.6 Å². The molecule has 2 N–H and O–H groups in total. The molecule has 0 fully saturated rings. The van der Waals surface area contributed by atoms with Gasteiger partial charge in [0.2, 0.25) is 10.0 Å². The van der Waals surface area contributed by atoms with Gasteiger partial charge in [0.05, 0.1) is 21.8 Å². The molecule has 0 spiro atoms. The second-order valence-electron chi connectivity index (χ2n) is 9.08. The number of hydrogen-bond acceptors (Lipinski definition) is 6. The fraction of sp³-hybridized carbons (Fsp3) is 0.296. The number of carboxylic acids is 1. The maximum Gasteiger partial charge on any atom is 0.336 e. The molecule has 1 heterocycles. The van der Waals surface area contributed by atoms with Crippen molar-refractivity contribution >= 4 is 27.4 Å². The molecule has 0 saturated carbocycles. The Hall–Kier alpha value is -3.40. The van der Waals surface area contributed by atoms with E-state index in [1.165, 1.54) is 25.2 Å². The molecule has 0 radical (unpaired) electrons. The summed E-state index contributed by atoms with van der Waals surface area (Å²) in [5.74, 6) is -0.971. The first kappa shape index (κ1) is 25.7. The Morgan fingerprint density at radius 3 is 2.33 bits per heavy atom. The van der Waals surface area contributed by atoms with Gasteiger partial charge in [-0.05, 0) is 53.8 Å². The smallest absolute Gasteiger partial charge is 0.336 e. The Bertz CT molecular complexity index is 1360. The van der Waals surface area contributed by atoms with E-state index in [1.807, 2.05) is 30.3 Å². The highest BCUT2D eigenvalue weighted by Gasteiger charge is 2.36. The topological polar surface area (TPSA) is 101 Å². The van der Waals surface area contributed by atoms with Crippen LogP contribution in [0.25, 0.3) is 11.1 Å². The van der Waals surface area contributed by atoms with Crippen molar-refractivity contribution in [2.75, 3.05) is 24.1 Å². The van der Waals surface area contributed by atoms with Crippen LogP contribution in [-0.4, -0.2) is 49.3 Å². The summed E-state index contributed by atoms with van der Waals surface area (Å²) in [7, 11) is -0.678. The molecule has 1 unspecified atom stereocenters. The second kappa shape index (κ2) is 10.3. The Balaban J connectivity index is 1.66. The number of carbonyl (C=O) groups is 1. The first-order valence-corrected chi connectivity index (χ1v) is 13.3. The third-order valence-electron chi connectivity index (χ3n) is 6.51. The Kier molecular flexibility index (Phi) is 7.35. The van der Waals surface area contributed by atoms with Crippen molar-refractivity contribution in [1.29, 1.82) is 0 Å². The predicted octanol–water partition coefficient (Wildman–Crippen LogP) is 5.03. The van der Waals surface area contributed by atoms with E-state index in [9.17, 15) is 23.5 Å². The Morgan fingerprint density at radius 2 is 1.69 bits per heavy atom. The zero-order valence-electron chi connectivity index (χ0n) is 20.6. The molecule has 3 aromatic carbocycles. The lowest BCUT2D eigenvalue weighted by atomic mass is 9.98. The average molecular weight is 510 g/mol. The van der Waals surface area contributed by atoms with Crippen LogP contribution >= 0.6 is 0 Å². The van der Waals surface area contributed by atoms with Gasteiger partial charge >= 0.3 is 5.97 Å². The fourth-order valence-corrected chi connectivity index (χ4v) is 5.44. The molecule has 0 aliphatic carbocycles. The van der Waals surface area contributed by atoms with Crippen LogP contribution < -0.4 is 9.96 Å². The van der Waals surface area contributed by atoms with Crippen LogP contribution in [0, 0.1) is 0 Å². The van der Waals surface area contributed by atoms with Gasteiger partial charge in [-0.1, -0.05) is 55.8 Å². The highest BCUT2D eigenvalue weighted by atomic mass is 32.2. The van der Waals surface area contributed by atoms with Crippen molar-refractivity contribution in [3.8, 4) is 11.1 Å². The molecule has 8 nitrogen and oxygen atoms in total. The third kappa shape index (κ3) is 4.82. The van der Waals surface area contributed by atoms with Gasteiger partial charge in [0.25, 0.3) is 0 Å². The zero-order valence-corrected chi connectivity index (χ0v) is 21.4. The van der Waals surface area contributed by atoms with Crippen LogP contribution in [-0.2, 0) is 16.6 Å². The van der Waals surface area contributed by atoms with Gasteiger partial charge in [-0.3, -0.25) is 5.21 Å². The summed E-state index contributed by atoms with van der Waals surface area (Å²) in [6.45, 7) is 2.59. The first-order chi connectivity index (χ1) is 17.1. The summed E-state index contributed by atoms with van der Waals surface area (Å²) in [5, 5.41) is 21.7. The predicted molar refractivity (Wildman–Crippen MR) is 140 cm³/mol. The molecule has 1 aliphatic heterocycles. The standard InChI is InChI=1S/C27H31N3O5S/c1-4-5-10-26-29(24-16-15-21(17-25(24)30(26)33)36(34,35)28(2)3)18-19-11-13-20(14-12-19)22-8-6-7-9-23(22)27(31)32/h6-9,11-17,26,33H,4-5,10,18H2,1-3H3,(H,31,32). The van der Waals surface area contributed by atoms with Crippen molar-refractivity contribution in [3.05, 3.63) is 77.9 Å². The van der Waals surface area contributed by atoms with Gasteiger partial charge < -0.3 is 10.0 Å². The summed E-state index contributed by atoms with van der Waals surface area (Å²) in [5.41, 5.74) is 3.92. The highest BCUT2D eigenvalue weighted by molar-refractivity contribution is 7.89. The minimum Gasteiger partial charge on any atom is -0.478 e. The number of anilines is 2. The molecular formula is C27H31N3O5S. The number of aromatic carboxylic acids is 1. The third-order valence-corrected chi connectivity index (χ3v) is 8.33. The van der Waals surface area contributed by atoms with E-state index in [4.69, 9.17) is 0 Å². The van der Waals surface area contributed by atoms with Crippen LogP contribution in [0.1, 0.15) is 42.1 Å². The lowest BCUT2D eigenvalue weighted by molar-refractivity contribution is 0.0697. The molecule has 0 saturated heterocycles. The summed E-state index contributed by atoms with van der Waals surface area (Å²) in [6, 6.07) is 19.5. The van der Waals surface area contributed by atoms with Gasteiger partial charge in [-0.15, -0.1) is 0 Å². The molecule has 0 amide bonds. The van der Waals surface area contributed by atoms with Gasteiger partial charge in [0, 0.05) is 20.6 Å². The minimum atomic E-state index is -3.64. The normalized spacial score (nSPS) is 15.4. The molecule has 36 heavy (non-hydrogen) atoms. The molecule has 4 rings (SSSR count). The number of hydroxylamine groups is 1. The van der Waals surface area contributed by atoms with Crippen molar-refractivity contribution in [2.45, 2.75) is 43.8 Å². The van der Waals surface area contributed by atoms with Crippen molar-refractivity contribution in [3.63, 3.8) is 0 Å². The van der Waals surface area contributed by atoms with Crippen molar-refractivity contribution < 1.29 is 23.5 Å². The Labute approximate surface area is 212 Å². The molecular weight excluding hydrogens is 478 g/mol. The van der Waals surface area contributed by atoms with Crippen LogP contribution in [0.3, 0.4) is 0 Å². The number of rotatable bonds is 9. The van der Waals surface area contributed by atoms with Crippen LogP contribution in [0.15, 0.2) is 71.6 Å². The summed E-state index contributed by atoms with van der Waals surface area (Å²) in [4.78, 5) is 13.8. The summed E-state index contributed by atoms with van der Waals surface area (Å²) in [6.07, 6.45) is 2.25. The minimum absolute atomic E-state index is 0.128. The molecule has 9 heteroatoms. The van der Waals surface area contributed by atoms with E-state index in [0.717, 1.165) is 34.0 Å². The maximum atomic E-state index is 12.7. The number of nitrogens with zero attached hydrogens (tertiary/aromatic N) is 3. The average Bonchev–Trinajstić information content (AvgIpc) is 3.13. The Morgan fingerprint density at radius 1 is 1.00 bits per heavy atom. The van der Waals surface area contributed by atoms with Crippen LogP contribution in [0.5, 0.6) is 0 Å². The molecule has 0 aromatic heterocycles. The second-order valence-corrected chi connectivity index (χ2v) is 11.2. The summed E-state index contributed by atoms with van der Waals surface area (Å²) >= 11 is 0. The summed E-state index contributed by atoms with van der Waals surface area (Å²) < 4.78 is 26.5.